The van der Waals surface area contributed by atoms with Gasteiger partial charge < -0.3 is 9.64 Å². The lowest BCUT2D eigenvalue weighted by atomic mass is 9.67. The molecule has 0 N–H and O–H groups in total. The molecule has 1 amide bonds. The lowest BCUT2D eigenvalue weighted by molar-refractivity contribution is -0.159. The van der Waals surface area contributed by atoms with Gasteiger partial charge in [0.15, 0.2) is 6.61 Å². The Kier molecular flexibility index (Phi) is 6.63. The Morgan fingerprint density at radius 1 is 0.914 bits per heavy atom. The predicted octanol–water partition coefficient (Wildman–Crippen LogP) is 2.61. The fraction of sp³-hybridized carbons (Fsp3) is 0.500. The predicted molar refractivity (Wildman–Crippen MR) is 129 cm³/mol. The van der Waals surface area contributed by atoms with Gasteiger partial charge in [0.25, 0.3) is 5.91 Å². The monoisotopic (exact) mass is 498 g/mol. The molecule has 1 saturated heterocycles. The average Bonchev–Trinajstić information content (AvgIpc) is 2.86. The Bertz CT molecular complexity index is 1240. The van der Waals surface area contributed by atoms with Crippen molar-refractivity contribution in [3.8, 4) is 0 Å². The first-order valence-corrected chi connectivity index (χ1v) is 13.7. The Morgan fingerprint density at radius 2 is 1.57 bits per heavy atom. The van der Waals surface area contributed by atoms with Crippen molar-refractivity contribution in [3.05, 3.63) is 42.5 Å². The number of hydrogen-bond acceptors (Lipinski definition) is 6. The molecule has 8 nitrogen and oxygen atoms in total. The van der Waals surface area contributed by atoms with Crippen molar-refractivity contribution in [1.82, 2.24) is 9.21 Å². The first kappa shape index (κ1) is 23.9. The number of rotatable bonds is 5. The smallest absolute Gasteiger partial charge is 0.309 e. The maximum Gasteiger partial charge on any atom is 0.309 e. The fourth-order valence-corrected chi connectivity index (χ4v) is 7.13. The van der Waals surface area contributed by atoms with Crippen LogP contribution in [0.15, 0.2) is 47.4 Å². The highest BCUT2D eigenvalue weighted by atomic mass is 32.2. The van der Waals surface area contributed by atoms with Crippen LogP contribution < -0.4 is 0 Å². The second-order valence-corrected chi connectivity index (χ2v) is 11.7. The SMILES string of the molecule is O=C(OCC(=O)N1CCN(S(=O)(=O)c2ccc3ccccc3c2)CC1)C1CC2CCCC(C1)C2=O. The molecule has 2 unspecified atom stereocenters. The molecule has 2 aromatic rings. The van der Waals surface area contributed by atoms with Gasteiger partial charge in [-0.25, -0.2) is 8.42 Å². The van der Waals surface area contributed by atoms with Crippen LogP contribution in [0.4, 0.5) is 0 Å². The summed E-state index contributed by atoms with van der Waals surface area (Å²) in [4.78, 5) is 39.2. The molecule has 0 radical (unpaired) electrons. The number of carbonyl (C=O) groups is 3. The molecule has 3 aliphatic rings. The number of ether oxygens (including phenoxy) is 1. The standard InChI is InChI=1S/C26H30N2O6S/c29-24(17-34-26(31)22-14-20-6-3-7-21(15-22)25(20)30)27-10-12-28(13-11-27)35(32,33)23-9-8-18-4-1-2-5-19(18)16-23/h1-2,4-5,8-9,16,20-22H,3,6-7,10-15,17H2. The molecule has 0 spiro atoms. The van der Waals surface area contributed by atoms with Crippen LogP contribution in [-0.2, 0) is 29.1 Å². The number of piperazine rings is 1. The van der Waals surface area contributed by atoms with Crippen LogP contribution in [0.5, 0.6) is 0 Å². The molecular weight excluding hydrogens is 468 g/mol. The van der Waals surface area contributed by atoms with Crippen molar-refractivity contribution < 1.29 is 27.5 Å². The first-order valence-electron chi connectivity index (χ1n) is 12.3. The summed E-state index contributed by atoms with van der Waals surface area (Å²) in [5, 5.41) is 1.83. The second-order valence-electron chi connectivity index (χ2n) is 9.80. The molecule has 35 heavy (non-hydrogen) atoms. The van der Waals surface area contributed by atoms with Crippen molar-refractivity contribution in [1.29, 1.82) is 0 Å². The Balaban J connectivity index is 1.13. The van der Waals surface area contributed by atoms with Crippen molar-refractivity contribution in [2.75, 3.05) is 32.8 Å². The third-order valence-electron chi connectivity index (χ3n) is 7.67. The Hall–Kier alpha value is -2.78. The molecule has 1 aliphatic heterocycles. The molecule has 2 aliphatic carbocycles. The van der Waals surface area contributed by atoms with Crippen LogP contribution >= 0.6 is 0 Å². The number of fused-ring (bicyclic) bond motifs is 3. The van der Waals surface area contributed by atoms with E-state index < -0.39 is 16.0 Å². The van der Waals surface area contributed by atoms with Gasteiger partial charge in [0.05, 0.1) is 10.8 Å². The van der Waals surface area contributed by atoms with Gasteiger partial charge in [0, 0.05) is 38.0 Å². The molecule has 3 fully saturated rings. The number of nitrogens with zero attached hydrogens (tertiary/aromatic N) is 2. The van der Waals surface area contributed by atoms with E-state index in [9.17, 15) is 22.8 Å². The molecule has 9 heteroatoms. The van der Waals surface area contributed by atoms with Gasteiger partial charge >= 0.3 is 5.97 Å². The topological polar surface area (TPSA) is 101 Å². The zero-order chi connectivity index (χ0) is 24.6. The number of benzene rings is 2. The van der Waals surface area contributed by atoms with Gasteiger partial charge in [-0.2, -0.15) is 4.31 Å². The summed E-state index contributed by atoms with van der Waals surface area (Å²) in [5.41, 5.74) is 0. The van der Waals surface area contributed by atoms with Gasteiger partial charge in [0.1, 0.15) is 5.78 Å². The van der Waals surface area contributed by atoms with Crippen LogP contribution in [-0.4, -0.2) is 68.1 Å². The van der Waals surface area contributed by atoms with E-state index in [4.69, 9.17) is 4.74 Å². The number of ketones is 1. The van der Waals surface area contributed by atoms with Crippen LogP contribution in [0.25, 0.3) is 10.8 Å². The van der Waals surface area contributed by atoms with E-state index in [2.05, 4.69) is 0 Å². The summed E-state index contributed by atoms with van der Waals surface area (Å²) < 4.78 is 33.0. The minimum atomic E-state index is -3.67. The van der Waals surface area contributed by atoms with E-state index in [0.717, 1.165) is 30.0 Å². The van der Waals surface area contributed by atoms with Crippen molar-refractivity contribution in [2.24, 2.45) is 17.8 Å². The highest BCUT2D eigenvalue weighted by Crippen LogP contribution is 2.40. The number of hydrogen-bond donors (Lipinski definition) is 0. The number of carbonyl (C=O) groups excluding carboxylic acids is 3. The molecule has 2 atom stereocenters. The molecule has 2 saturated carbocycles. The maximum absolute atomic E-state index is 13.1. The minimum Gasteiger partial charge on any atom is -0.455 e. The van der Waals surface area contributed by atoms with Crippen LogP contribution in [0, 0.1) is 17.8 Å². The lowest BCUT2D eigenvalue weighted by Crippen LogP contribution is -2.51. The van der Waals surface area contributed by atoms with E-state index in [1.165, 1.54) is 4.31 Å². The molecule has 0 aromatic heterocycles. The van der Waals surface area contributed by atoms with Crippen LogP contribution in [0.3, 0.4) is 0 Å². The second kappa shape index (κ2) is 9.70. The summed E-state index contributed by atoms with van der Waals surface area (Å²) in [6.07, 6.45) is 3.75. The number of Topliss-reactive ketones (excluding diaryl/α,β-unsaturated/α-hetero) is 1. The highest BCUT2D eigenvalue weighted by molar-refractivity contribution is 7.89. The van der Waals surface area contributed by atoms with E-state index in [-0.39, 0.29) is 67.1 Å². The zero-order valence-electron chi connectivity index (χ0n) is 19.6. The Labute approximate surface area is 205 Å². The van der Waals surface area contributed by atoms with Gasteiger partial charge in [-0.3, -0.25) is 14.4 Å². The number of amides is 1. The largest absolute Gasteiger partial charge is 0.455 e. The average molecular weight is 499 g/mol. The Morgan fingerprint density at radius 3 is 2.26 bits per heavy atom. The quantitative estimate of drug-likeness (QED) is 0.588. The third-order valence-corrected chi connectivity index (χ3v) is 9.56. The molecule has 186 valence electrons. The van der Waals surface area contributed by atoms with Crippen molar-refractivity contribution in [3.63, 3.8) is 0 Å². The fourth-order valence-electron chi connectivity index (χ4n) is 5.67. The van der Waals surface area contributed by atoms with Gasteiger partial charge in [-0.05, 0) is 48.6 Å². The van der Waals surface area contributed by atoms with E-state index in [0.29, 0.717) is 12.8 Å². The van der Waals surface area contributed by atoms with E-state index in [1.807, 2.05) is 24.3 Å². The van der Waals surface area contributed by atoms with Crippen molar-refractivity contribution >= 4 is 38.5 Å². The van der Waals surface area contributed by atoms with E-state index in [1.54, 1.807) is 23.1 Å². The summed E-state index contributed by atoms with van der Waals surface area (Å²) in [7, 11) is -3.67. The molecule has 2 bridgehead atoms. The minimum absolute atomic E-state index is 0.0478. The van der Waals surface area contributed by atoms with Gasteiger partial charge in [-0.15, -0.1) is 0 Å². The number of sulfonamides is 1. The molecule has 5 rings (SSSR count). The molecule has 2 aromatic carbocycles. The molecule has 1 heterocycles. The summed E-state index contributed by atoms with van der Waals surface area (Å²) in [6, 6.07) is 12.7. The summed E-state index contributed by atoms with van der Waals surface area (Å²) in [5.74, 6) is -0.858. The maximum atomic E-state index is 13.1. The third kappa shape index (κ3) is 4.84. The van der Waals surface area contributed by atoms with Gasteiger partial charge in [-0.1, -0.05) is 36.8 Å². The molecular formula is C26H30N2O6S. The van der Waals surface area contributed by atoms with Crippen molar-refractivity contribution in [2.45, 2.75) is 37.0 Å². The summed E-state index contributed by atoms with van der Waals surface area (Å²) in [6.45, 7) is 0.498. The normalized spacial score (nSPS) is 25.4. The van der Waals surface area contributed by atoms with Gasteiger partial charge in [0.2, 0.25) is 10.0 Å². The number of esters is 1. The summed E-state index contributed by atoms with van der Waals surface area (Å²) >= 11 is 0. The van der Waals surface area contributed by atoms with Crippen LogP contribution in [0.1, 0.15) is 32.1 Å². The highest BCUT2D eigenvalue weighted by Gasteiger charge is 2.42. The van der Waals surface area contributed by atoms with Crippen LogP contribution in [0.2, 0.25) is 0 Å². The lowest BCUT2D eigenvalue weighted by Gasteiger charge is -2.36. The first-order chi connectivity index (χ1) is 16.8. The zero-order valence-corrected chi connectivity index (χ0v) is 20.4. The van der Waals surface area contributed by atoms with E-state index >= 15 is 0 Å².